The first kappa shape index (κ1) is 18.3. The number of esters is 1. The molecular weight excluding hydrogens is 316 g/mol. The zero-order chi connectivity index (χ0) is 18.2. The number of carbonyl (C=O) groups excluding carboxylic acids is 2. The Bertz CT molecular complexity index is 763. The number of anilines is 2. The van der Waals surface area contributed by atoms with E-state index in [-0.39, 0.29) is 11.9 Å². The van der Waals surface area contributed by atoms with Crippen molar-refractivity contribution in [1.29, 1.82) is 0 Å². The average molecular weight is 338 g/mol. The number of nitrogens with one attached hydrogen (secondary N) is 2. The molecule has 0 saturated heterocycles. The summed E-state index contributed by atoms with van der Waals surface area (Å²) in [5, 5.41) is 5.90. The Morgan fingerprint density at radius 1 is 0.880 bits per heavy atom. The lowest BCUT2D eigenvalue weighted by molar-refractivity contribution is -0.134. The van der Waals surface area contributed by atoms with Gasteiger partial charge in [-0.3, -0.25) is 4.79 Å². The Labute approximate surface area is 147 Å². The maximum atomic E-state index is 11.2. The normalized spacial score (nSPS) is 10.9. The minimum absolute atomic E-state index is 0.0765. The first-order valence-corrected chi connectivity index (χ1v) is 7.95. The lowest BCUT2D eigenvalue weighted by Gasteiger charge is -2.08. The van der Waals surface area contributed by atoms with E-state index in [0.29, 0.717) is 5.70 Å². The Kier molecular flexibility index (Phi) is 6.34. The summed E-state index contributed by atoms with van der Waals surface area (Å²) >= 11 is 0. The van der Waals surface area contributed by atoms with Crippen LogP contribution < -0.4 is 10.6 Å². The summed E-state index contributed by atoms with van der Waals surface area (Å²) in [6, 6.07) is 15.8. The van der Waals surface area contributed by atoms with Gasteiger partial charge in [0.1, 0.15) is 0 Å². The van der Waals surface area contributed by atoms with Crippen molar-refractivity contribution in [3.8, 4) is 0 Å². The van der Waals surface area contributed by atoms with E-state index in [2.05, 4.69) is 15.4 Å². The highest BCUT2D eigenvalue weighted by molar-refractivity contribution is 5.88. The molecule has 1 amide bonds. The molecule has 2 N–H and O–H groups in total. The molecule has 2 aromatic rings. The highest BCUT2D eigenvalue weighted by Gasteiger charge is 2.01. The third-order valence-electron chi connectivity index (χ3n) is 3.51. The monoisotopic (exact) mass is 338 g/mol. The molecule has 0 atom stereocenters. The molecule has 0 heterocycles. The van der Waals surface area contributed by atoms with E-state index in [4.69, 9.17) is 0 Å². The molecule has 5 heteroatoms. The minimum Gasteiger partial charge on any atom is -0.466 e. The van der Waals surface area contributed by atoms with Crippen LogP contribution in [0.1, 0.15) is 25.0 Å². The van der Waals surface area contributed by atoms with E-state index in [1.54, 1.807) is 0 Å². The first-order chi connectivity index (χ1) is 12.0. The van der Waals surface area contributed by atoms with Gasteiger partial charge in [-0.1, -0.05) is 24.3 Å². The highest BCUT2D eigenvalue weighted by atomic mass is 16.5. The molecule has 2 aromatic carbocycles. The van der Waals surface area contributed by atoms with Crippen molar-refractivity contribution in [2.24, 2.45) is 0 Å². The highest BCUT2D eigenvalue weighted by Crippen LogP contribution is 2.17. The van der Waals surface area contributed by atoms with Crippen molar-refractivity contribution < 1.29 is 14.3 Å². The van der Waals surface area contributed by atoms with Gasteiger partial charge < -0.3 is 15.4 Å². The summed E-state index contributed by atoms with van der Waals surface area (Å²) in [6.07, 6.45) is 2.21. The molecule has 0 aliphatic rings. The zero-order valence-electron chi connectivity index (χ0n) is 14.6. The maximum Gasteiger partial charge on any atom is 0.332 e. The molecule has 2 rings (SSSR count). The predicted molar refractivity (Wildman–Crippen MR) is 99.4 cm³/mol. The average Bonchev–Trinajstić information content (AvgIpc) is 2.57. The summed E-state index contributed by atoms with van der Waals surface area (Å²) in [7, 11) is 1.35. The van der Waals surface area contributed by atoms with Crippen molar-refractivity contribution >= 4 is 23.3 Å². The Hall–Kier alpha value is -3.08. The van der Waals surface area contributed by atoms with E-state index in [1.807, 2.05) is 55.5 Å². The lowest BCUT2D eigenvalue weighted by atomic mass is 10.0. The van der Waals surface area contributed by atoms with Crippen LogP contribution >= 0.6 is 0 Å². The molecule has 5 nitrogen and oxygen atoms in total. The van der Waals surface area contributed by atoms with Crippen LogP contribution in [0.2, 0.25) is 0 Å². The van der Waals surface area contributed by atoms with E-state index in [9.17, 15) is 9.59 Å². The second-order valence-electron chi connectivity index (χ2n) is 5.73. The van der Waals surface area contributed by atoms with Gasteiger partial charge in [-0.2, -0.15) is 0 Å². The Balaban J connectivity index is 1.97. The van der Waals surface area contributed by atoms with Gasteiger partial charge in [0.2, 0.25) is 5.91 Å². The zero-order valence-corrected chi connectivity index (χ0v) is 14.6. The van der Waals surface area contributed by atoms with Gasteiger partial charge in [-0.15, -0.1) is 0 Å². The third kappa shape index (κ3) is 6.14. The molecule has 0 aromatic heterocycles. The number of hydrogen-bond acceptors (Lipinski definition) is 4. The standard InChI is InChI=1S/C20H22N2O3/c1-14(12-20(24)25-3)21-18-8-4-16(5-9-18)13-17-6-10-19(11-7-17)22-15(2)23/h4-12,21H,13H2,1-3H3,(H,22,23)/b14-12-. The molecular formula is C20H22N2O3. The van der Waals surface area contributed by atoms with Crippen molar-refractivity contribution in [2.75, 3.05) is 17.7 Å². The van der Waals surface area contributed by atoms with E-state index >= 15 is 0 Å². The lowest BCUT2D eigenvalue weighted by Crippen LogP contribution is -2.05. The Morgan fingerprint density at radius 2 is 1.36 bits per heavy atom. The fourth-order valence-electron chi connectivity index (χ4n) is 2.35. The number of allylic oxidation sites excluding steroid dienone is 1. The number of rotatable bonds is 6. The van der Waals surface area contributed by atoms with E-state index < -0.39 is 0 Å². The molecule has 0 saturated carbocycles. The van der Waals surface area contributed by atoms with Gasteiger partial charge in [0.25, 0.3) is 0 Å². The smallest absolute Gasteiger partial charge is 0.332 e. The minimum atomic E-state index is -0.385. The summed E-state index contributed by atoms with van der Waals surface area (Å²) in [4.78, 5) is 22.2. The fourth-order valence-corrected chi connectivity index (χ4v) is 2.35. The quantitative estimate of drug-likeness (QED) is 0.622. The van der Waals surface area contributed by atoms with Crippen molar-refractivity contribution in [3.63, 3.8) is 0 Å². The number of ether oxygens (including phenoxy) is 1. The third-order valence-corrected chi connectivity index (χ3v) is 3.51. The molecule has 0 unspecified atom stereocenters. The van der Waals surface area contributed by atoms with Gasteiger partial charge in [0, 0.05) is 30.1 Å². The number of methoxy groups -OCH3 is 1. The Morgan fingerprint density at radius 3 is 1.80 bits per heavy atom. The fraction of sp³-hybridized carbons (Fsp3) is 0.200. The summed E-state index contributed by atoms with van der Waals surface area (Å²) < 4.78 is 4.60. The van der Waals surface area contributed by atoms with Crippen LogP contribution in [0, 0.1) is 0 Å². The molecule has 0 radical (unpaired) electrons. The van der Waals surface area contributed by atoms with Crippen LogP contribution in [0.15, 0.2) is 60.3 Å². The summed E-state index contributed by atoms with van der Waals surface area (Å²) in [6.45, 7) is 3.30. The molecule has 25 heavy (non-hydrogen) atoms. The molecule has 0 aliphatic carbocycles. The second-order valence-corrected chi connectivity index (χ2v) is 5.73. The van der Waals surface area contributed by atoms with E-state index in [0.717, 1.165) is 23.4 Å². The van der Waals surface area contributed by atoms with Gasteiger partial charge in [0.15, 0.2) is 0 Å². The molecule has 0 aliphatic heterocycles. The molecule has 0 bridgehead atoms. The van der Waals surface area contributed by atoms with Crippen LogP contribution in [0.4, 0.5) is 11.4 Å². The van der Waals surface area contributed by atoms with Crippen LogP contribution in [-0.4, -0.2) is 19.0 Å². The molecule has 130 valence electrons. The first-order valence-electron chi connectivity index (χ1n) is 7.95. The van der Waals surface area contributed by atoms with Crippen molar-refractivity contribution in [2.45, 2.75) is 20.3 Å². The van der Waals surface area contributed by atoms with E-state index in [1.165, 1.54) is 25.7 Å². The van der Waals surface area contributed by atoms with Crippen LogP contribution in [0.25, 0.3) is 0 Å². The maximum absolute atomic E-state index is 11.2. The summed E-state index contributed by atoms with van der Waals surface area (Å²) in [5.41, 5.74) is 4.75. The van der Waals surface area contributed by atoms with Crippen LogP contribution in [0.3, 0.4) is 0 Å². The predicted octanol–water partition coefficient (Wildman–Crippen LogP) is 3.72. The second kappa shape index (κ2) is 8.68. The molecule has 0 fully saturated rings. The number of carbonyl (C=O) groups is 2. The van der Waals surface area contributed by atoms with Gasteiger partial charge in [-0.25, -0.2) is 4.79 Å². The van der Waals surface area contributed by atoms with Gasteiger partial charge in [0.05, 0.1) is 7.11 Å². The number of amides is 1. The van der Waals surface area contributed by atoms with Gasteiger partial charge >= 0.3 is 5.97 Å². The van der Waals surface area contributed by atoms with Crippen LogP contribution in [-0.2, 0) is 20.7 Å². The van der Waals surface area contributed by atoms with Gasteiger partial charge in [-0.05, 0) is 48.7 Å². The topological polar surface area (TPSA) is 67.4 Å². The number of benzene rings is 2. The van der Waals surface area contributed by atoms with Crippen LogP contribution in [0.5, 0.6) is 0 Å². The van der Waals surface area contributed by atoms with Crippen molar-refractivity contribution in [3.05, 3.63) is 71.4 Å². The largest absolute Gasteiger partial charge is 0.466 e. The van der Waals surface area contributed by atoms with Crippen molar-refractivity contribution in [1.82, 2.24) is 0 Å². The number of hydrogen-bond donors (Lipinski definition) is 2. The SMILES string of the molecule is COC(=O)/C=C(/C)Nc1ccc(Cc2ccc(NC(C)=O)cc2)cc1. The summed E-state index contributed by atoms with van der Waals surface area (Å²) in [5.74, 6) is -0.461. The molecule has 0 spiro atoms.